The molecule has 1 heterocycles. The Balaban J connectivity index is 1.89. The molecule has 7 nitrogen and oxygen atoms in total. The molecule has 0 radical (unpaired) electrons. The Morgan fingerprint density at radius 2 is 1.85 bits per heavy atom. The molecule has 0 spiro atoms. The van der Waals surface area contributed by atoms with Gasteiger partial charge in [0.1, 0.15) is 11.4 Å². The molecule has 0 bridgehead atoms. The van der Waals surface area contributed by atoms with Crippen LogP contribution in [-0.2, 0) is 6.54 Å². The maximum Gasteiger partial charge on any atom is 0.282 e. The molecule has 8 heteroatoms. The summed E-state index contributed by atoms with van der Waals surface area (Å²) in [5, 5.41) is 18.2. The van der Waals surface area contributed by atoms with Crippen molar-refractivity contribution in [2.75, 3.05) is 5.32 Å². The summed E-state index contributed by atoms with van der Waals surface area (Å²) in [6, 6.07) is 12.1. The SMILES string of the molecule is Cc1nn(Cc2ccccc2F)c(C)c1NC(=O)c1ccccc1[N+](=O)[O-]. The minimum absolute atomic E-state index is 0.0387. The van der Waals surface area contributed by atoms with Crippen molar-refractivity contribution < 1.29 is 14.1 Å². The highest BCUT2D eigenvalue weighted by Gasteiger charge is 2.22. The maximum absolute atomic E-state index is 13.9. The van der Waals surface area contributed by atoms with Gasteiger partial charge in [-0.15, -0.1) is 0 Å². The summed E-state index contributed by atoms with van der Waals surface area (Å²) < 4.78 is 15.5. The van der Waals surface area contributed by atoms with E-state index < -0.39 is 10.8 Å². The van der Waals surface area contributed by atoms with Crippen molar-refractivity contribution in [1.82, 2.24) is 9.78 Å². The van der Waals surface area contributed by atoms with Crippen LogP contribution in [0.25, 0.3) is 0 Å². The first-order valence-corrected chi connectivity index (χ1v) is 8.20. The van der Waals surface area contributed by atoms with Crippen LogP contribution in [0.2, 0.25) is 0 Å². The average molecular weight is 368 g/mol. The molecule has 3 rings (SSSR count). The van der Waals surface area contributed by atoms with Gasteiger partial charge < -0.3 is 5.32 Å². The van der Waals surface area contributed by atoms with E-state index in [0.717, 1.165) is 0 Å². The fraction of sp³-hybridized carbons (Fsp3) is 0.158. The van der Waals surface area contributed by atoms with E-state index in [4.69, 9.17) is 0 Å². The first-order valence-electron chi connectivity index (χ1n) is 8.20. The van der Waals surface area contributed by atoms with E-state index in [1.54, 1.807) is 42.8 Å². The van der Waals surface area contributed by atoms with Gasteiger partial charge in [0.2, 0.25) is 0 Å². The van der Waals surface area contributed by atoms with Crippen molar-refractivity contribution in [3.63, 3.8) is 0 Å². The molecule has 0 aliphatic heterocycles. The topological polar surface area (TPSA) is 90.1 Å². The van der Waals surface area contributed by atoms with Crippen LogP contribution in [0.3, 0.4) is 0 Å². The van der Waals surface area contributed by atoms with Crippen LogP contribution < -0.4 is 5.32 Å². The summed E-state index contributed by atoms with van der Waals surface area (Å²) in [6.07, 6.45) is 0. The Hall–Kier alpha value is -3.55. The van der Waals surface area contributed by atoms with Crippen LogP contribution >= 0.6 is 0 Å². The Labute approximate surface area is 154 Å². The second-order valence-electron chi connectivity index (χ2n) is 6.02. The number of rotatable bonds is 5. The average Bonchev–Trinajstić information content (AvgIpc) is 2.91. The second-order valence-corrected chi connectivity index (χ2v) is 6.02. The lowest BCUT2D eigenvalue weighted by molar-refractivity contribution is -0.385. The van der Waals surface area contributed by atoms with E-state index in [2.05, 4.69) is 10.4 Å². The van der Waals surface area contributed by atoms with Gasteiger partial charge in [0.15, 0.2) is 0 Å². The van der Waals surface area contributed by atoms with Crippen molar-refractivity contribution in [2.24, 2.45) is 0 Å². The van der Waals surface area contributed by atoms with Gasteiger partial charge in [0.05, 0.1) is 28.5 Å². The zero-order valence-corrected chi connectivity index (χ0v) is 14.8. The molecule has 0 unspecified atom stereocenters. The summed E-state index contributed by atoms with van der Waals surface area (Å²) in [5.41, 5.74) is 1.78. The zero-order valence-electron chi connectivity index (χ0n) is 14.8. The van der Waals surface area contributed by atoms with E-state index in [-0.39, 0.29) is 23.6 Å². The van der Waals surface area contributed by atoms with Gasteiger partial charge in [0, 0.05) is 11.6 Å². The summed E-state index contributed by atoms with van der Waals surface area (Å²) in [7, 11) is 0. The van der Waals surface area contributed by atoms with Crippen molar-refractivity contribution in [3.8, 4) is 0 Å². The lowest BCUT2D eigenvalue weighted by atomic mass is 10.1. The van der Waals surface area contributed by atoms with E-state index in [9.17, 15) is 19.3 Å². The molecule has 1 aromatic heterocycles. The van der Waals surface area contributed by atoms with Crippen molar-refractivity contribution in [3.05, 3.63) is 87.0 Å². The third kappa shape index (κ3) is 3.69. The number of nitro groups is 1. The van der Waals surface area contributed by atoms with Gasteiger partial charge in [0.25, 0.3) is 11.6 Å². The zero-order chi connectivity index (χ0) is 19.6. The summed E-state index contributed by atoms with van der Waals surface area (Å²) in [4.78, 5) is 23.1. The fourth-order valence-electron chi connectivity index (χ4n) is 2.83. The molecule has 2 aromatic carbocycles. The maximum atomic E-state index is 13.9. The number of para-hydroxylation sites is 1. The molecular weight excluding hydrogens is 351 g/mol. The van der Waals surface area contributed by atoms with Gasteiger partial charge in [-0.25, -0.2) is 4.39 Å². The fourth-order valence-corrected chi connectivity index (χ4v) is 2.83. The van der Waals surface area contributed by atoms with E-state index >= 15 is 0 Å². The summed E-state index contributed by atoms with van der Waals surface area (Å²) in [5.74, 6) is -0.936. The van der Waals surface area contributed by atoms with Gasteiger partial charge in [-0.2, -0.15) is 5.10 Å². The molecule has 0 aliphatic rings. The van der Waals surface area contributed by atoms with Crippen molar-refractivity contribution >= 4 is 17.3 Å². The third-order valence-corrected chi connectivity index (χ3v) is 4.24. The first kappa shape index (κ1) is 18.2. The number of nitrogens with zero attached hydrogens (tertiary/aromatic N) is 3. The quantitative estimate of drug-likeness (QED) is 0.547. The molecule has 138 valence electrons. The second kappa shape index (κ2) is 7.36. The van der Waals surface area contributed by atoms with Gasteiger partial charge in [-0.1, -0.05) is 30.3 Å². The number of hydrogen-bond acceptors (Lipinski definition) is 4. The highest BCUT2D eigenvalue weighted by Crippen LogP contribution is 2.24. The Kier molecular flexibility index (Phi) is 4.98. The van der Waals surface area contributed by atoms with Crippen LogP contribution in [0.4, 0.5) is 15.8 Å². The summed E-state index contributed by atoms with van der Waals surface area (Å²) in [6.45, 7) is 3.66. The molecule has 27 heavy (non-hydrogen) atoms. The molecule has 0 fully saturated rings. The number of carbonyl (C=O) groups excluding carboxylic acids is 1. The van der Waals surface area contributed by atoms with Crippen LogP contribution in [0.1, 0.15) is 27.3 Å². The molecule has 3 aromatic rings. The molecule has 1 amide bonds. The van der Waals surface area contributed by atoms with Crippen LogP contribution in [0, 0.1) is 29.8 Å². The lowest BCUT2D eigenvalue weighted by Gasteiger charge is -2.08. The first-order chi connectivity index (χ1) is 12.9. The number of nitrogens with one attached hydrogen (secondary N) is 1. The molecule has 0 atom stereocenters. The van der Waals surface area contributed by atoms with Gasteiger partial charge >= 0.3 is 0 Å². The van der Waals surface area contributed by atoms with E-state index in [1.807, 2.05) is 0 Å². The molecule has 0 saturated heterocycles. The van der Waals surface area contributed by atoms with E-state index in [1.165, 1.54) is 24.3 Å². The number of anilines is 1. The number of aryl methyl sites for hydroxylation is 1. The third-order valence-electron chi connectivity index (χ3n) is 4.24. The summed E-state index contributed by atoms with van der Waals surface area (Å²) >= 11 is 0. The number of amides is 1. The minimum Gasteiger partial charge on any atom is -0.319 e. The number of benzene rings is 2. The molecule has 0 aliphatic carbocycles. The predicted molar refractivity (Wildman–Crippen MR) is 98.3 cm³/mol. The van der Waals surface area contributed by atoms with Gasteiger partial charge in [-0.3, -0.25) is 19.6 Å². The largest absolute Gasteiger partial charge is 0.319 e. The highest BCUT2D eigenvalue weighted by atomic mass is 19.1. The number of carbonyl (C=O) groups is 1. The van der Waals surface area contributed by atoms with Crippen LogP contribution in [0.5, 0.6) is 0 Å². The normalized spacial score (nSPS) is 10.6. The highest BCUT2D eigenvalue weighted by molar-refractivity contribution is 6.07. The Bertz CT molecular complexity index is 1030. The van der Waals surface area contributed by atoms with E-state index in [0.29, 0.717) is 22.6 Å². The van der Waals surface area contributed by atoms with Crippen molar-refractivity contribution in [2.45, 2.75) is 20.4 Å². The molecular formula is C19H17FN4O3. The monoisotopic (exact) mass is 368 g/mol. The predicted octanol–water partition coefficient (Wildman–Crippen LogP) is 3.85. The van der Waals surface area contributed by atoms with Crippen molar-refractivity contribution in [1.29, 1.82) is 0 Å². The van der Waals surface area contributed by atoms with Crippen LogP contribution in [-0.4, -0.2) is 20.6 Å². The lowest BCUT2D eigenvalue weighted by Crippen LogP contribution is -2.15. The van der Waals surface area contributed by atoms with Gasteiger partial charge in [-0.05, 0) is 26.0 Å². The minimum atomic E-state index is -0.601. The molecule has 1 N–H and O–H groups in total. The number of aromatic nitrogens is 2. The number of nitro benzene ring substituents is 1. The standard InChI is InChI=1S/C19H17FN4O3/c1-12-18(21-19(25)15-8-4-6-10-17(15)24(26)27)13(2)23(22-12)11-14-7-3-5-9-16(14)20/h3-10H,11H2,1-2H3,(H,21,25). The van der Waals surface area contributed by atoms with Crippen LogP contribution in [0.15, 0.2) is 48.5 Å². The smallest absolute Gasteiger partial charge is 0.282 e. The number of hydrogen-bond donors (Lipinski definition) is 1. The number of halogens is 1. The Morgan fingerprint density at radius 3 is 2.56 bits per heavy atom. The molecule has 0 saturated carbocycles. The Morgan fingerprint density at radius 1 is 1.19 bits per heavy atom.